The molecule has 8 heteroatoms. The molecule has 102 valence electrons. The van der Waals surface area contributed by atoms with E-state index in [4.69, 9.17) is 10.8 Å². The number of aliphatic carboxylic acids is 1. The predicted molar refractivity (Wildman–Crippen MR) is 66.8 cm³/mol. The molecule has 0 aliphatic carbocycles. The Kier molecular flexibility index (Phi) is 4.99. The number of hydrogen-bond acceptors (Lipinski definition) is 3. The highest BCUT2D eigenvalue weighted by Gasteiger charge is 2.24. The summed E-state index contributed by atoms with van der Waals surface area (Å²) in [4.78, 5) is 33.2. The van der Waals surface area contributed by atoms with Crippen LogP contribution in [-0.4, -0.2) is 28.9 Å². The van der Waals surface area contributed by atoms with Crippen molar-refractivity contribution in [2.75, 3.05) is 0 Å². The van der Waals surface area contributed by atoms with Gasteiger partial charge in [0.05, 0.1) is 16.5 Å². The summed E-state index contributed by atoms with van der Waals surface area (Å²) in [6.07, 6.45) is -0.573. The molecule has 1 aromatic carbocycles. The van der Waals surface area contributed by atoms with Crippen molar-refractivity contribution < 1.29 is 23.9 Å². The molecule has 0 saturated carbocycles. The normalized spacial score (nSPS) is 11.7. The van der Waals surface area contributed by atoms with Gasteiger partial charge < -0.3 is 16.2 Å². The summed E-state index contributed by atoms with van der Waals surface area (Å²) in [6.45, 7) is 0. The molecule has 0 saturated heterocycles. The Labute approximate surface area is 115 Å². The molecule has 1 rings (SSSR count). The van der Waals surface area contributed by atoms with E-state index >= 15 is 0 Å². The zero-order chi connectivity index (χ0) is 14.6. The van der Waals surface area contributed by atoms with Gasteiger partial charge in [0.1, 0.15) is 11.9 Å². The number of halogens is 2. The van der Waals surface area contributed by atoms with E-state index in [1.807, 2.05) is 5.32 Å². The molecule has 0 aliphatic heterocycles. The maximum Gasteiger partial charge on any atom is 0.326 e. The fraction of sp³-hybridized carbons (Fsp3) is 0.182. The second-order valence-corrected chi connectivity index (χ2v) is 4.49. The zero-order valence-electron chi connectivity index (χ0n) is 9.52. The smallest absolute Gasteiger partial charge is 0.326 e. The average Bonchev–Trinajstić information content (AvgIpc) is 2.31. The maximum atomic E-state index is 13.6. The van der Waals surface area contributed by atoms with Crippen LogP contribution in [0, 0.1) is 5.82 Å². The third kappa shape index (κ3) is 4.02. The van der Waals surface area contributed by atoms with Gasteiger partial charge in [0.2, 0.25) is 5.91 Å². The molecular formula is C11H10BrFN2O4. The number of amides is 2. The van der Waals surface area contributed by atoms with Crippen molar-refractivity contribution in [3.63, 3.8) is 0 Å². The van der Waals surface area contributed by atoms with E-state index in [0.717, 1.165) is 0 Å². The largest absolute Gasteiger partial charge is 0.480 e. The lowest BCUT2D eigenvalue weighted by molar-refractivity contribution is -0.140. The van der Waals surface area contributed by atoms with Crippen LogP contribution in [0.2, 0.25) is 0 Å². The third-order valence-electron chi connectivity index (χ3n) is 2.20. The van der Waals surface area contributed by atoms with E-state index in [1.54, 1.807) is 0 Å². The van der Waals surface area contributed by atoms with Crippen LogP contribution in [-0.2, 0) is 9.59 Å². The number of nitrogens with two attached hydrogens (primary N) is 1. The number of carboxylic acids is 1. The molecule has 1 aromatic rings. The molecule has 2 amide bonds. The van der Waals surface area contributed by atoms with Gasteiger partial charge in [-0.15, -0.1) is 0 Å². The van der Waals surface area contributed by atoms with Crippen molar-refractivity contribution in [2.45, 2.75) is 12.5 Å². The van der Waals surface area contributed by atoms with E-state index in [9.17, 15) is 18.8 Å². The first-order valence-electron chi connectivity index (χ1n) is 5.09. The number of benzene rings is 1. The van der Waals surface area contributed by atoms with Gasteiger partial charge in [-0.3, -0.25) is 9.59 Å². The first kappa shape index (κ1) is 15.1. The summed E-state index contributed by atoms with van der Waals surface area (Å²) >= 11 is 2.90. The van der Waals surface area contributed by atoms with Gasteiger partial charge in [0.15, 0.2) is 0 Å². The Morgan fingerprint density at radius 2 is 2.05 bits per heavy atom. The van der Waals surface area contributed by atoms with Gasteiger partial charge in [-0.2, -0.15) is 0 Å². The third-order valence-corrected chi connectivity index (χ3v) is 2.82. The van der Waals surface area contributed by atoms with Gasteiger partial charge in [-0.25, -0.2) is 9.18 Å². The summed E-state index contributed by atoms with van der Waals surface area (Å²) in [7, 11) is 0. The lowest BCUT2D eigenvalue weighted by Gasteiger charge is -2.13. The average molecular weight is 333 g/mol. The van der Waals surface area contributed by atoms with Crippen LogP contribution in [0.1, 0.15) is 16.8 Å². The van der Waals surface area contributed by atoms with Crippen LogP contribution in [0.25, 0.3) is 0 Å². The Bertz CT molecular complexity index is 535. The molecule has 4 N–H and O–H groups in total. The summed E-state index contributed by atoms with van der Waals surface area (Å²) < 4.78 is 13.7. The number of hydrogen-bond donors (Lipinski definition) is 3. The summed E-state index contributed by atoms with van der Waals surface area (Å²) in [6, 6.07) is 2.51. The molecule has 0 bridgehead atoms. The maximum absolute atomic E-state index is 13.6. The first-order chi connectivity index (χ1) is 8.82. The lowest BCUT2D eigenvalue weighted by Crippen LogP contribution is -2.43. The first-order valence-corrected chi connectivity index (χ1v) is 5.88. The van der Waals surface area contributed by atoms with Crippen molar-refractivity contribution >= 4 is 33.7 Å². The van der Waals surface area contributed by atoms with Crippen molar-refractivity contribution in [3.8, 4) is 0 Å². The molecule has 19 heavy (non-hydrogen) atoms. The topological polar surface area (TPSA) is 109 Å². The lowest BCUT2D eigenvalue weighted by atomic mass is 10.1. The van der Waals surface area contributed by atoms with Gasteiger partial charge in [0, 0.05) is 0 Å². The quantitative estimate of drug-likeness (QED) is 0.735. The van der Waals surface area contributed by atoms with Crippen molar-refractivity contribution in [1.29, 1.82) is 0 Å². The van der Waals surface area contributed by atoms with Crippen LogP contribution < -0.4 is 11.1 Å². The van der Waals surface area contributed by atoms with Crippen molar-refractivity contribution in [1.82, 2.24) is 5.32 Å². The summed E-state index contributed by atoms with van der Waals surface area (Å²) in [5.41, 5.74) is 4.54. The molecular weight excluding hydrogens is 323 g/mol. The van der Waals surface area contributed by atoms with E-state index in [2.05, 4.69) is 15.9 Å². The molecule has 0 spiro atoms. The van der Waals surface area contributed by atoms with Crippen molar-refractivity contribution in [3.05, 3.63) is 34.1 Å². The Hall–Kier alpha value is -1.96. The van der Waals surface area contributed by atoms with Crippen molar-refractivity contribution in [2.24, 2.45) is 5.73 Å². The van der Waals surface area contributed by atoms with Gasteiger partial charge in [-0.1, -0.05) is 6.07 Å². The minimum atomic E-state index is -1.50. The second-order valence-electron chi connectivity index (χ2n) is 3.64. The molecule has 0 unspecified atom stereocenters. The van der Waals surface area contributed by atoms with E-state index in [-0.39, 0.29) is 10.0 Å². The number of rotatable bonds is 5. The Morgan fingerprint density at radius 3 is 2.58 bits per heavy atom. The molecule has 0 aliphatic rings. The van der Waals surface area contributed by atoms with Gasteiger partial charge in [-0.05, 0) is 28.1 Å². The minimum absolute atomic E-state index is 0.0712. The van der Waals surface area contributed by atoms with Crippen LogP contribution >= 0.6 is 15.9 Å². The monoisotopic (exact) mass is 332 g/mol. The Balaban J connectivity index is 2.91. The Morgan fingerprint density at radius 1 is 1.42 bits per heavy atom. The zero-order valence-corrected chi connectivity index (χ0v) is 11.1. The van der Waals surface area contributed by atoms with E-state index < -0.39 is 36.1 Å². The van der Waals surface area contributed by atoms with Crippen LogP contribution in [0.15, 0.2) is 22.7 Å². The standard InChI is InChI=1S/C11H10BrFN2O4/c12-6-3-1-2-5(9(6)13)10(17)15-7(11(18)19)4-8(14)16/h1-3,7H,4H2,(H2,14,16)(H,15,17)(H,18,19)/t7-/m0/s1. The van der Waals surface area contributed by atoms with Gasteiger partial charge >= 0.3 is 5.97 Å². The van der Waals surface area contributed by atoms with E-state index in [0.29, 0.717) is 0 Å². The number of carbonyl (C=O) groups is 3. The molecule has 6 nitrogen and oxygen atoms in total. The summed E-state index contributed by atoms with van der Waals surface area (Å²) in [5.74, 6) is -4.07. The number of nitrogens with one attached hydrogen (secondary N) is 1. The fourth-order valence-corrected chi connectivity index (χ4v) is 1.68. The SMILES string of the molecule is NC(=O)C[C@H](NC(=O)c1cccc(Br)c1F)C(=O)O. The van der Waals surface area contributed by atoms with E-state index in [1.165, 1.54) is 18.2 Å². The van der Waals surface area contributed by atoms with Crippen LogP contribution in [0.5, 0.6) is 0 Å². The number of carboxylic acid groups (broad SMARTS) is 1. The minimum Gasteiger partial charge on any atom is -0.480 e. The number of primary amides is 1. The van der Waals surface area contributed by atoms with Gasteiger partial charge in [0.25, 0.3) is 5.91 Å². The predicted octanol–water partition coefficient (Wildman–Crippen LogP) is 0.647. The van der Waals surface area contributed by atoms with Crippen LogP contribution in [0.4, 0.5) is 4.39 Å². The number of carbonyl (C=O) groups excluding carboxylic acids is 2. The molecule has 0 aromatic heterocycles. The van der Waals surface area contributed by atoms with Crippen LogP contribution in [0.3, 0.4) is 0 Å². The molecule has 0 heterocycles. The highest BCUT2D eigenvalue weighted by Crippen LogP contribution is 2.18. The molecule has 0 fully saturated rings. The summed E-state index contributed by atoms with van der Waals surface area (Å²) in [5, 5.41) is 10.8. The molecule has 0 radical (unpaired) electrons. The second kappa shape index (κ2) is 6.28. The molecule has 1 atom stereocenters. The fourth-order valence-electron chi connectivity index (χ4n) is 1.32. The highest BCUT2D eigenvalue weighted by molar-refractivity contribution is 9.10. The highest BCUT2D eigenvalue weighted by atomic mass is 79.9.